The van der Waals surface area contributed by atoms with E-state index >= 15 is 0 Å². The minimum Gasteiger partial charge on any atom is -0.205 e. The Labute approximate surface area is 62.4 Å². The SMILES string of the molecule is FC(F)c1c[c]c(Cl)cc1. The Kier molecular flexibility index (Phi) is 2.22. The van der Waals surface area contributed by atoms with Crippen LogP contribution < -0.4 is 0 Å². The molecule has 0 aromatic heterocycles. The van der Waals surface area contributed by atoms with Crippen LogP contribution in [0.1, 0.15) is 12.0 Å². The molecule has 0 bridgehead atoms. The van der Waals surface area contributed by atoms with Crippen LogP contribution in [-0.4, -0.2) is 0 Å². The smallest absolute Gasteiger partial charge is 0.205 e. The molecule has 0 saturated carbocycles. The van der Waals surface area contributed by atoms with E-state index in [2.05, 4.69) is 6.07 Å². The third-order valence-electron chi connectivity index (χ3n) is 1.05. The third kappa shape index (κ3) is 1.67. The summed E-state index contributed by atoms with van der Waals surface area (Å²) >= 11 is 5.42. The number of hydrogen-bond acceptors (Lipinski definition) is 0. The van der Waals surface area contributed by atoms with E-state index in [1.54, 1.807) is 0 Å². The maximum absolute atomic E-state index is 11.8. The summed E-state index contributed by atoms with van der Waals surface area (Å²) in [5.74, 6) is 0. The molecule has 0 amide bonds. The van der Waals surface area contributed by atoms with Crippen LogP contribution in [0.25, 0.3) is 0 Å². The van der Waals surface area contributed by atoms with E-state index in [1.165, 1.54) is 18.2 Å². The highest BCUT2D eigenvalue weighted by Gasteiger charge is 2.04. The summed E-state index contributed by atoms with van der Waals surface area (Å²) in [7, 11) is 0. The number of alkyl halides is 2. The molecule has 0 nitrogen and oxygen atoms in total. The molecule has 1 rings (SSSR count). The van der Waals surface area contributed by atoms with E-state index in [0.717, 1.165) is 0 Å². The molecule has 0 aliphatic carbocycles. The fraction of sp³-hybridized carbons (Fsp3) is 0.143. The summed E-state index contributed by atoms with van der Waals surface area (Å²) in [5.41, 5.74) is -0.0515. The molecule has 0 aliphatic rings. The molecule has 0 N–H and O–H groups in total. The number of halogens is 3. The second-order valence-electron chi connectivity index (χ2n) is 1.77. The normalized spacial score (nSPS) is 10.4. The van der Waals surface area contributed by atoms with E-state index in [1.807, 2.05) is 0 Å². The third-order valence-corrected chi connectivity index (χ3v) is 1.29. The zero-order valence-corrected chi connectivity index (χ0v) is 5.70. The topological polar surface area (TPSA) is 0 Å². The zero-order chi connectivity index (χ0) is 7.56. The lowest BCUT2D eigenvalue weighted by atomic mass is 10.2. The Bertz CT molecular complexity index is 205. The Morgan fingerprint density at radius 3 is 2.50 bits per heavy atom. The monoisotopic (exact) mass is 161 g/mol. The zero-order valence-electron chi connectivity index (χ0n) is 4.94. The molecular formula is C7H4ClF2. The van der Waals surface area contributed by atoms with Gasteiger partial charge in [-0.05, 0) is 12.1 Å². The summed E-state index contributed by atoms with van der Waals surface area (Å²) in [5, 5.41) is 0.351. The van der Waals surface area contributed by atoms with Gasteiger partial charge in [0.2, 0.25) is 0 Å². The summed E-state index contributed by atoms with van der Waals surface area (Å²) < 4.78 is 23.7. The summed E-state index contributed by atoms with van der Waals surface area (Å²) in [4.78, 5) is 0. The van der Waals surface area contributed by atoms with Crippen LogP contribution in [0.2, 0.25) is 5.02 Å². The quantitative estimate of drug-likeness (QED) is 0.594. The maximum atomic E-state index is 11.8. The molecule has 3 heteroatoms. The standard InChI is InChI=1S/C7H4ClF2/c8-6-3-1-5(2-4-6)7(9)10/h1-3,7H. The van der Waals surface area contributed by atoms with Crippen molar-refractivity contribution in [1.82, 2.24) is 0 Å². The van der Waals surface area contributed by atoms with Crippen LogP contribution in [0, 0.1) is 6.07 Å². The van der Waals surface area contributed by atoms with E-state index in [9.17, 15) is 8.78 Å². The first-order valence-corrected chi connectivity index (χ1v) is 3.03. The van der Waals surface area contributed by atoms with Gasteiger partial charge in [-0.1, -0.05) is 17.7 Å². The van der Waals surface area contributed by atoms with Gasteiger partial charge in [-0.3, -0.25) is 0 Å². The second-order valence-corrected chi connectivity index (χ2v) is 2.18. The molecule has 53 valence electrons. The average Bonchev–Trinajstić information content (AvgIpc) is 1.88. The van der Waals surface area contributed by atoms with Crippen LogP contribution in [-0.2, 0) is 0 Å². The molecule has 0 saturated heterocycles. The van der Waals surface area contributed by atoms with E-state index in [-0.39, 0.29) is 5.56 Å². The molecule has 0 aliphatic heterocycles. The van der Waals surface area contributed by atoms with Gasteiger partial charge in [-0.2, -0.15) is 0 Å². The van der Waals surface area contributed by atoms with Crippen LogP contribution in [0.4, 0.5) is 8.78 Å². The largest absolute Gasteiger partial charge is 0.263 e. The molecule has 1 aromatic carbocycles. The van der Waals surface area contributed by atoms with Gasteiger partial charge in [0.15, 0.2) is 0 Å². The Hall–Kier alpha value is -0.630. The van der Waals surface area contributed by atoms with Gasteiger partial charge >= 0.3 is 0 Å². The van der Waals surface area contributed by atoms with Gasteiger partial charge in [0.1, 0.15) is 0 Å². The van der Waals surface area contributed by atoms with Crippen molar-refractivity contribution in [1.29, 1.82) is 0 Å². The molecule has 1 radical (unpaired) electrons. The van der Waals surface area contributed by atoms with Gasteiger partial charge in [0, 0.05) is 16.7 Å². The van der Waals surface area contributed by atoms with Gasteiger partial charge in [0.05, 0.1) is 0 Å². The van der Waals surface area contributed by atoms with Crippen LogP contribution in [0.3, 0.4) is 0 Å². The van der Waals surface area contributed by atoms with Gasteiger partial charge in [-0.25, -0.2) is 8.78 Å². The fourth-order valence-electron chi connectivity index (χ4n) is 0.554. The predicted octanol–water partition coefficient (Wildman–Crippen LogP) is 3.08. The van der Waals surface area contributed by atoms with E-state index < -0.39 is 6.43 Å². The van der Waals surface area contributed by atoms with Crippen molar-refractivity contribution in [2.24, 2.45) is 0 Å². The highest BCUT2D eigenvalue weighted by atomic mass is 35.5. The molecular weight excluding hydrogens is 158 g/mol. The summed E-state index contributed by atoms with van der Waals surface area (Å²) in [6, 6.07) is 6.33. The minimum atomic E-state index is -2.44. The summed E-state index contributed by atoms with van der Waals surface area (Å²) in [6.45, 7) is 0. The second kappa shape index (κ2) is 2.97. The maximum Gasteiger partial charge on any atom is 0.263 e. The molecule has 0 heterocycles. The number of rotatable bonds is 1. The Morgan fingerprint density at radius 2 is 2.10 bits per heavy atom. The molecule has 0 fully saturated rings. The molecule has 0 spiro atoms. The van der Waals surface area contributed by atoms with Gasteiger partial charge in [0.25, 0.3) is 6.43 Å². The molecule has 0 atom stereocenters. The predicted molar refractivity (Wildman–Crippen MR) is 35.2 cm³/mol. The lowest BCUT2D eigenvalue weighted by molar-refractivity contribution is 0.151. The van der Waals surface area contributed by atoms with Gasteiger partial charge in [-0.15, -0.1) is 0 Å². The van der Waals surface area contributed by atoms with Crippen molar-refractivity contribution < 1.29 is 8.78 Å². The highest BCUT2D eigenvalue weighted by Crippen LogP contribution is 2.19. The van der Waals surface area contributed by atoms with Crippen molar-refractivity contribution in [3.8, 4) is 0 Å². The van der Waals surface area contributed by atoms with Crippen LogP contribution in [0.5, 0.6) is 0 Å². The fourth-order valence-corrected chi connectivity index (χ4v) is 0.671. The minimum absolute atomic E-state index is 0.0515. The Morgan fingerprint density at radius 1 is 1.40 bits per heavy atom. The molecule has 0 unspecified atom stereocenters. The van der Waals surface area contributed by atoms with Crippen molar-refractivity contribution in [2.45, 2.75) is 6.43 Å². The Balaban J connectivity index is 2.89. The number of hydrogen-bond donors (Lipinski definition) is 0. The van der Waals surface area contributed by atoms with Crippen molar-refractivity contribution in [3.63, 3.8) is 0 Å². The lowest BCUT2D eigenvalue weighted by Gasteiger charge is -1.96. The van der Waals surface area contributed by atoms with E-state index in [4.69, 9.17) is 11.6 Å². The van der Waals surface area contributed by atoms with Gasteiger partial charge < -0.3 is 0 Å². The average molecular weight is 162 g/mol. The number of benzene rings is 1. The van der Waals surface area contributed by atoms with Crippen LogP contribution in [0.15, 0.2) is 18.2 Å². The first-order valence-electron chi connectivity index (χ1n) is 2.65. The van der Waals surface area contributed by atoms with Crippen LogP contribution >= 0.6 is 11.6 Å². The van der Waals surface area contributed by atoms with Crippen molar-refractivity contribution in [2.75, 3.05) is 0 Å². The summed E-state index contributed by atoms with van der Waals surface area (Å²) in [6.07, 6.45) is -2.44. The first-order chi connectivity index (χ1) is 4.70. The molecule has 1 aromatic rings. The first kappa shape index (κ1) is 7.48. The molecule has 10 heavy (non-hydrogen) atoms. The van der Waals surface area contributed by atoms with Crippen molar-refractivity contribution in [3.05, 3.63) is 34.9 Å². The van der Waals surface area contributed by atoms with Crippen molar-refractivity contribution >= 4 is 11.6 Å². The lowest BCUT2D eigenvalue weighted by Crippen LogP contribution is -1.81. The van der Waals surface area contributed by atoms with E-state index in [0.29, 0.717) is 5.02 Å². The highest BCUT2D eigenvalue weighted by molar-refractivity contribution is 6.30.